The van der Waals surface area contributed by atoms with Gasteiger partial charge in [-0.15, -0.1) is 10.2 Å². The normalized spacial score (nSPS) is 14.7. The second-order valence-corrected chi connectivity index (χ2v) is 9.00. The Morgan fingerprint density at radius 2 is 1.89 bits per heavy atom. The smallest absolute Gasteiger partial charge is 0.250 e. The molecule has 2 amide bonds. The van der Waals surface area contributed by atoms with Crippen molar-refractivity contribution in [1.82, 2.24) is 30.4 Å². The van der Waals surface area contributed by atoms with E-state index in [-0.39, 0.29) is 30.9 Å². The van der Waals surface area contributed by atoms with E-state index >= 15 is 0 Å². The van der Waals surface area contributed by atoms with Gasteiger partial charge >= 0.3 is 0 Å². The summed E-state index contributed by atoms with van der Waals surface area (Å²) in [5.41, 5.74) is 0. The number of nitrogens with one attached hydrogen (secondary N) is 1. The molecule has 1 N–H and O–H groups in total. The van der Waals surface area contributed by atoms with Crippen molar-refractivity contribution < 1.29 is 22.8 Å². The van der Waals surface area contributed by atoms with Crippen LogP contribution in [-0.4, -0.2) is 43.0 Å². The Bertz CT molecular complexity index is 1310. The molecule has 0 aromatic carbocycles. The largest absolute Gasteiger partial charge is 0.467 e. The van der Waals surface area contributed by atoms with Crippen LogP contribution in [0.4, 0.5) is 0 Å². The third-order valence-corrected chi connectivity index (χ3v) is 6.21. The topological polar surface area (TPSA) is 132 Å². The molecule has 0 saturated heterocycles. The van der Waals surface area contributed by atoms with E-state index < -0.39 is 11.9 Å². The second kappa shape index (κ2) is 10.2. The van der Waals surface area contributed by atoms with E-state index in [0.717, 1.165) is 25.7 Å². The predicted molar refractivity (Wildman–Crippen MR) is 126 cm³/mol. The molecule has 5 rings (SSSR count). The first-order valence-corrected chi connectivity index (χ1v) is 12.0. The van der Waals surface area contributed by atoms with Crippen LogP contribution >= 0.6 is 0 Å². The number of amides is 2. The number of carbonyl (C=O) groups is 2. The maximum atomic E-state index is 13.7. The zero-order valence-electron chi connectivity index (χ0n) is 20.2. The number of furan rings is 3. The van der Waals surface area contributed by atoms with Gasteiger partial charge in [0.15, 0.2) is 11.8 Å². The van der Waals surface area contributed by atoms with Crippen LogP contribution in [0, 0.1) is 13.8 Å². The second-order valence-electron chi connectivity index (χ2n) is 9.00. The minimum atomic E-state index is -0.993. The molecule has 1 aliphatic carbocycles. The lowest BCUT2D eigenvalue weighted by Crippen LogP contribution is -2.46. The molecule has 36 heavy (non-hydrogen) atoms. The molecule has 11 heteroatoms. The molecule has 188 valence electrons. The molecule has 1 aliphatic rings. The van der Waals surface area contributed by atoms with Crippen molar-refractivity contribution in [2.24, 2.45) is 0 Å². The summed E-state index contributed by atoms with van der Waals surface area (Å²) in [5, 5.41) is 15.4. The van der Waals surface area contributed by atoms with Crippen LogP contribution in [0.15, 0.2) is 55.9 Å². The van der Waals surface area contributed by atoms with Crippen LogP contribution in [0.1, 0.15) is 54.8 Å². The molecule has 0 aliphatic heterocycles. The molecule has 11 nitrogen and oxygen atoms in total. The van der Waals surface area contributed by atoms with Gasteiger partial charge in [0.05, 0.1) is 12.8 Å². The summed E-state index contributed by atoms with van der Waals surface area (Å²) < 4.78 is 16.9. The van der Waals surface area contributed by atoms with Crippen LogP contribution in [0.3, 0.4) is 0 Å². The van der Waals surface area contributed by atoms with Gasteiger partial charge in [0.25, 0.3) is 5.91 Å². The Balaban J connectivity index is 1.43. The SMILES string of the molecule is Cc1ccc(-c2nnn(CC(=O)N(Cc3ccco3)[C@H](C(=O)NC3CCCC3)c3ccc(C)o3)n2)o1. The van der Waals surface area contributed by atoms with Gasteiger partial charge in [0, 0.05) is 6.04 Å². The highest BCUT2D eigenvalue weighted by molar-refractivity contribution is 5.88. The van der Waals surface area contributed by atoms with Crippen LogP contribution in [0.5, 0.6) is 0 Å². The van der Waals surface area contributed by atoms with E-state index in [1.165, 1.54) is 16.0 Å². The lowest BCUT2D eigenvalue weighted by molar-refractivity contribution is -0.143. The Hall–Kier alpha value is -4.15. The number of carbonyl (C=O) groups excluding carboxylic acids is 2. The zero-order chi connectivity index (χ0) is 25.1. The van der Waals surface area contributed by atoms with Gasteiger partial charge in [-0.2, -0.15) is 4.80 Å². The maximum Gasteiger partial charge on any atom is 0.250 e. The Kier molecular flexibility index (Phi) is 6.70. The Labute approximate surface area is 207 Å². The zero-order valence-corrected chi connectivity index (χ0v) is 20.2. The van der Waals surface area contributed by atoms with Crippen molar-refractivity contribution in [2.45, 2.75) is 64.7 Å². The summed E-state index contributed by atoms with van der Waals surface area (Å²) >= 11 is 0. The van der Waals surface area contributed by atoms with Crippen molar-refractivity contribution in [1.29, 1.82) is 0 Å². The monoisotopic (exact) mass is 492 g/mol. The molecule has 1 atom stereocenters. The minimum Gasteiger partial charge on any atom is -0.467 e. The quantitative estimate of drug-likeness (QED) is 0.375. The average Bonchev–Trinajstić information content (AvgIpc) is 3.66. The molecule has 1 saturated carbocycles. The number of tetrazole rings is 1. The number of aryl methyl sites for hydroxylation is 2. The average molecular weight is 493 g/mol. The molecule has 0 spiro atoms. The van der Waals surface area contributed by atoms with Gasteiger partial charge in [-0.05, 0) is 68.3 Å². The molecular weight excluding hydrogens is 464 g/mol. The van der Waals surface area contributed by atoms with Crippen LogP contribution in [0.2, 0.25) is 0 Å². The van der Waals surface area contributed by atoms with E-state index in [2.05, 4.69) is 20.7 Å². The number of hydrogen-bond donors (Lipinski definition) is 1. The Morgan fingerprint density at radius 1 is 1.11 bits per heavy atom. The fraction of sp³-hybridized carbons (Fsp3) is 0.400. The van der Waals surface area contributed by atoms with Crippen molar-refractivity contribution in [3.8, 4) is 11.6 Å². The summed E-state index contributed by atoms with van der Waals surface area (Å²) in [6.45, 7) is 3.44. The summed E-state index contributed by atoms with van der Waals surface area (Å²) in [4.78, 5) is 29.8. The van der Waals surface area contributed by atoms with Crippen molar-refractivity contribution >= 4 is 11.8 Å². The number of aromatic nitrogens is 4. The molecule has 0 bridgehead atoms. The highest BCUT2D eigenvalue weighted by Gasteiger charge is 2.36. The summed E-state index contributed by atoms with van der Waals surface area (Å²) in [7, 11) is 0. The molecule has 4 aromatic rings. The molecule has 0 unspecified atom stereocenters. The van der Waals surface area contributed by atoms with Crippen molar-refractivity contribution in [3.05, 3.63) is 65.7 Å². The fourth-order valence-corrected chi connectivity index (χ4v) is 4.44. The first kappa shape index (κ1) is 23.6. The third kappa shape index (κ3) is 5.24. The molecule has 4 aromatic heterocycles. The van der Waals surface area contributed by atoms with E-state index in [9.17, 15) is 9.59 Å². The fourth-order valence-electron chi connectivity index (χ4n) is 4.44. The molecule has 1 fully saturated rings. The number of nitrogens with zero attached hydrogens (tertiary/aromatic N) is 5. The van der Waals surface area contributed by atoms with Gasteiger partial charge in [-0.1, -0.05) is 12.8 Å². The van der Waals surface area contributed by atoms with E-state index in [0.29, 0.717) is 28.8 Å². The van der Waals surface area contributed by atoms with Gasteiger partial charge in [-0.25, -0.2) is 0 Å². The maximum absolute atomic E-state index is 13.7. The minimum absolute atomic E-state index is 0.0628. The van der Waals surface area contributed by atoms with E-state index in [1.54, 1.807) is 43.3 Å². The first-order chi connectivity index (χ1) is 17.5. The molecule has 0 radical (unpaired) electrons. The van der Waals surface area contributed by atoms with Crippen LogP contribution < -0.4 is 5.32 Å². The highest BCUT2D eigenvalue weighted by Crippen LogP contribution is 2.28. The predicted octanol–water partition coefficient (Wildman–Crippen LogP) is 3.56. The highest BCUT2D eigenvalue weighted by atomic mass is 16.3. The van der Waals surface area contributed by atoms with E-state index in [1.807, 2.05) is 6.92 Å². The lowest BCUT2D eigenvalue weighted by atomic mass is 10.1. The van der Waals surface area contributed by atoms with E-state index in [4.69, 9.17) is 13.3 Å². The van der Waals surface area contributed by atoms with Crippen molar-refractivity contribution in [3.63, 3.8) is 0 Å². The molecular formula is C25H28N6O5. The summed E-state index contributed by atoms with van der Waals surface area (Å²) in [5.74, 6) is 2.30. The molecule has 4 heterocycles. The number of hydrogen-bond acceptors (Lipinski definition) is 8. The lowest BCUT2D eigenvalue weighted by Gasteiger charge is -2.30. The van der Waals surface area contributed by atoms with Crippen LogP contribution in [0.25, 0.3) is 11.6 Å². The Morgan fingerprint density at radius 3 is 2.56 bits per heavy atom. The van der Waals surface area contributed by atoms with Gasteiger partial charge in [0.1, 0.15) is 29.6 Å². The van der Waals surface area contributed by atoms with Crippen LogP contribution in [-0.2, 0) is 22.7 Å². The summed E-state index contributed by atoms with van der Waals surface area (Å²) in [6, 6.07) is 9.61. The van der Waals surface area contributed by atoms with Gasteiger partial charge < -0.3 is 23.5 Å². The first-order valence-electron chi connectivity index (χ1n) is 12.0. The van der Waals surface area contributed by atoms with Crippen molar-refractivity contribution in [2.75, 3.05) is 0 Å². The third-order valence-electron chi connectivity index (χ3n) is 6.21. The van der Waals surface area contributed by atoms with Gasteiger partial charge in [0.2, 0.25) is 11.7 Å². The van der Waals surface area contributed by atoms with Gasteiger partial charge in [-0.3, -0.25) is 9.59 Å². The standard InChI is InChI=1S/C25H28N6O5/c1-16-9-11-20(35-16)23(25(33)26-18-6-3-4-7-18)30(14-19-8-5-13-34-19)22(32)15-31-28-24(27-29-31)21-12-10-17(2)36-21/h5,8-13,18,23H,3-4,6-7,14-15H2,1-2H3,(H,26,33)/t23-/m0/s1. The number of rotatable bonds is 9. The summed E-state index contributed by atoms with van der Waals surface area (Å²) in [6.07, 6.45) is 5.50.